The summed E-state index contributed by atoms with van der Waals surface area (Å²) in [6.07, 6.45) is 0. The highest BCUT2D eigenvalue weighted by atomic mass is 32.2. The SMILES string of the molecule is CCOC(=O)c1cc(S(=O)(=O)N(C)OC)ccc1OCC. The van der Waals surface area contributed by atoms with E-state index < -0.39 is 16.0 Å². The second-order valence-electron chi connectivity index (χ2n) is 3.91. The maximum Gasteiger partial charge on any atom is 0.341 e. The number of ether oxygens (including phenoxy) is 2. The van der Waals surface area contributed by atoms with Gasteiger partial charge in [0.05, 0.1) is 25.2 Å². The third-order valence-electron chi connectivity index (χ3n) is 2.64. The van der Waals surface area contributed by atoms with E-state index in [-0.39, 0.29) is 22.8 Å². The first-order valence-corrected chi connectivity index (χ1v) is 7.79. The minimum Gasteiger partial charge on any atom is -0.493 e. The Morgan fingerprint density at radius 3 is 2.43 bits per heavy atom. The van der Waals surface area contributed by atoms with E-state index in [2.05, 4.69) is 0 Å². The highest BCUT2D eigenvalue weighted by molar-refractivity contribution is 7.89. The largest absolute Gasteiger partial charge is 0.493 e. The Morgan fingerprint density at radius 2 is 1.90 bits per heavy atom. The zero-order valence-electron chi connectivity index (χ0n) is 12.5. The highest BCUT2D eigenvalue weighted by Crippen LogP contribution is 2.25. The molecule has 0 aliphatic carbocycles. The van der Waals surface area contributed by atoms with Crippen molar-refractivity contribution in [1.82, 2.24) is 4.47 Å². The number of sulfonamides is 1. The highest BCUT2D eigenvalue weighted by Gasteiger charge is 2.24. The molecule has 0 saturated carbocycles. The summed E-state index contributed by atoms with van der Waals surface area (Å²) in [6.45, 7) is 3.95. The molecule has 1 rings (SSSR count). The molecule has 0 radical (unpaired) electrons. The lowest BCUT2D eigenvalue weighted by Crippen LogP contribution is -2.26. The Morgan fingerprint density at radius 1 is 1.24 bits per heavy atom. The van der Waals surface area contributed by atoms with Crippen LogP contribution in [0, 0.1) is 0 Å². The van der Waals surface area contributed by atoms with E-state index in [1.807, 2.05) is 0 Å². The zero-order valence-corrected chi connectivity index (χ0v) is 13.3. The van der Waals surface area contributed by atoms with E-state index in [9.17, 15) is 13.2 Å². The van der Waals surface area contributed by atoms with Crippen molar-refractivity contribution in [3.63, 3.8) is 0 Å². The van der Waals surface area contributed by atoms with Crippen LogP contribution in [0.5, 0.6) is 5.75 Å². The van der Waals surface area contributed by atoms with Crippen LogP contribution in [-0.4, -0.2) is 46.2 Å². The van der Waals surface area contributed by atoms with Crippen molar-refractivity contribution in [2.24, 2.45) is 0 Å². The number of benzene rings is 1. The summed E-state index contributed by atoms with van der Waals surface area (Å²) in [5.41, 5.74) is 0.0595. The third-order valence-corrected chi connectivity index (χ3v) is 4.32. The molecule has 21 heavy (non-hydrogen) atoms. The van der Waals surface area contributed by atoms with Crippen molar-refractivity contribution < 1.29 is 27.5 Å². The van der Waals surface area contributed by atoms with Crippen molar-refractivity contribution in [3.05, 3.63) is 23.8 Å². The van der Waals surface area contributed by atoms with Crippen LogP contribution in [0.2, 0.25) is 0 Å². The fourth-order valence-corrected chi connectivity index (χ4v) is 2.57. The van der Waals surface area contributed by atoms with Gasteiger partial charge in [-0.15, -0.1) is 0 Å². The second-order valence-corrected chi connectivity index (χ2v) is 5.84. The number of nitrogens with zero attached hydrogens (tertiary/aromatic N) is 1. The summed E-state index contributed by atoms with van der Waals surface area (Å²) in [5.74, 6) is -0.368. The van der Waals surface area contributed by atoms with Crippen LogP contribution in [0.1, 0.15) is 24.2 Å². The predicted octanol–water partition coefficient (Wildman–Crippen LogP) is 1.44. The number of rotatable bonds is 7. The van der Waals surface area contributed by atoms with E-state index in [4.69, 9.17) is 14.3 Å². The van der Waals surface area contributed by atoms with E-state index in [1.54, 1.807) is 13.8 Å². The van der Waals surface area contributed by atoms with Crippen molar-refractivity contribution in [1.29, 1.82) is 0 Å². The molecule has 0 aliphatic heterocycles. The Kier molecular flexibility index (Phi) is 6.13. The Hall–Kier alpha value is -1.64. The maximum atomic E-state index is 12.2. The van der Waals surface area contributed by atoms with E-state index in [0.717, 1.165) is 0 Å². The molecule has 1 aromatic carbocycles. The first-order valence-electron chi connectivity index (χ1n) is 6.35. The summed E-state index contributed by atoms with van der Waals surface area (Å²) < 4.78 is 35.3. The average Bonchev–Trinajstić information content (AvgIpc) is 2.47. The van der Waals surface area contributed by atoms with E-state index in [1.165, 1.54) is 32.4 Å². The predicted molar refractivity (Wildman–Crippen MR) is 75.5 cm³/mol. The molecule has 0 amide bonds. The van der Waals surface area contributed by atoms with Gasteiger partial charge in [0.25, 0.3) is 10.0 Å². The second kappa shape index (κ2) is 7.39. The number of hydrogen-bond donors (Lipinski definition) is 0. The molecule has 0 aromatic heterocycles. The number of hydrogen-bond acceptors (Lipinski definition) is 6. The van der Waals surface area contributed by atoms with Crippen molar-refractivity contribution in [3.8, 4) is 5.75 Å². The molecule has 0 spiro atoms. The first-order chi connectivity index (χ1) is 9.88. The fourth-order valence-electron chi connectivity index (χ4n) is 1.57. The standard InChI is InChI=1S/C13H19NO6S/c1-5-19-12-8-7-10(21(16,17)14(3)18-4)9-11(12)13(15)20-6-2/h7-9H,5-6H2,1-4H3. The summed E-state index contributed by atoms with van der Waals surface area (Å²) in [5, 5.41) is 0. The van der Waals surface area contributed by atoms with Crippen LogP contribution < -0.4 is 4.74 Å². The summed E-state index contributed by atoms with van der Waals surface area (Å²) in [6, 6.07) is 3.98. The number of hydroxylamine groups is 1. The number of esters is 1. The van der Waals surface area contributed by atoms with Gasteiger partial charge < -0.3 is 9.47 Å². The molecular weight excluding hydrogens is 298 g/mol. The monoisotopic (exact) mass is 317 g/mol. The van der Waals surface area contributed by atoms with Gasteiger partial charge in [-0.25, -0.2) is 13.2 Å². The van der Waals surface area contributed by atoms with Crippen molar-refractivity contribution in [2.45, 2.75) is 18.7 Å². The number of carbonyl (C=O) groups is 1. The lowest BCUT2D eigenvalue weighted by atomic mass is 10.2. The van der Waals surface area contributed by atoms with Crippen LogP contribution >= 0.6 is 0 Å². The van der Waals surface area contributed by atoms with Crippen LogP contribution in [0.25, 0.3) is 0 Å². The molecule has 118 valence electrons. The molecule has 0 atom stereocenters. The van der Waals surface area contributed by atoms with Gasteiger partial charge in [0, 0.05) is 7.05 Å². The van der Waals surface area contributed by atoms with Crippen molar-refractivity contribution >= 4 is 16.0 Å². The minimum atomic E-state index is -3.84. The molecule has 8 heteroatoms. The molecule has 0 N–H and O–H groups in total. The molecule has 0 fully saturated rings. The Balaban J connectivity index is 3.33. The van der Waals surface area contributed by atoms with Crippen LogP contribution in [0.3, 0.4) is 0 Å². The zero-order chi connectivity index (χ0) is 16.0. The van der Waals surface area contributed by atoms with Gasteiger partial charge in [0.15, 0.2) is 0 Å². The van der Waals surface area contributed by atoms with Gasteiger partial charge in [-0.1, -0.05) is 4.47 Å². The van der Waals surface area contributed by atoms with E-state index >= 15 is 0 Å². The van der Waals surface area contributed by atoms with Crippen molar-refractivity contribution in [2.75, 3.05) is 27.4 Å². The number of carbonyl (C=O) groups excluding carboxylic acids is 1. The fraction of sp³-hybridized carbons (Fsp3) is 0.462. The molecular formula is C13H19NO6S. The smallest absolute Gasteiger partial charge is 0.341 e. The Bertz CT molecular complexity index is 599. The van der Waals surface area contributed by atoms with Gasteiger partial charge in [0.1, 0.15) is 11.3 Å². The van der Waals surface area contributed by atoms with Gasteiger partial charge in [-0.2, -0.15) is 0 Å². The van der Waals surface area contributed by atoms with Gasteiger partial charge in [-0.05, 0) is 32.0 Å². The summed E-state index contributed by atoms with van der Waals surface area (Å²) in [7, 11) is -1.35. The Labute approximate surface area is 124 Å². The normalized spacial score (nSPS) is 11.5. The molecule has 0 aliphatic rings. The van der Waals surface area contributed by atoms with Gasteiger partial charge >= 0.3 is 5.97 Å². The van der Waals surface area contributed by atoms with Crippen LogP contribution in [0.15, 0.2) is 23.1 Å². The molecule has 0 bridgehead atoms. The van der Waals surface area contributed by atoms with Crippen LogP contribution in [0.4, 0.5) is 0 Å². The summed E-state index contributed by atoms with van der Waals surface area (Å²) >= 11 is 0. The molecule has 7 nitrogen and oxygen atoms in total. The first kappa shape index (κ1) is 17.4. The van der Waals surface area contributed by atoms with Gasteiger partial charge in [-0.3, -0.25) is 4.84 Å². The van der Waals surface area contributed by atoms with E-state index in [0.29, 0.717) is 11.1 Å². The molecule has 0 heterocycles. The quantitative estimate of drug-likeness (QED) is 0.559. The lowest BCUT2D eigenvalue weighted by Gasteiger charge is -2.16. The van der Waals surface area contributed by atoms with Gasteiger partial charge in [0.2, 0.25) is 0 Å². The minimum absolute atomic E-state index is 0.0595. The summed E-state index contributed by atoms with van der Waals surface area (Å²) in [4.78, 5) is 16.5. The average molecular weight is 317 g/mol. The molecule has 1 aromatic rings. The maximum absolute atomic E-state index is 12.2. The molecule has 0 saturated heterocycles. The lowest BCUT2D eigenvalue weighted by molar-refractivity contribution is -0.0258. The molecule has 0 unspecified atom stereocenters. The topological polar surface area (TPSA) is 82.1 Å². The third kappa shape index (κ3) is 3.93. The van der Waals surface area contributed by atoms with Crippen LogP contribution in [-0.2, 0) is 19.6 Å².